The van der Waals surface area contributed by atoms with E-state index in [1.165, 1.54) is 21.1 Å². The first-order chi connectivity index (χ1) is 8.46. The molecule has 0 atom stereocenters. The quantitative estimate of drug-likeness (QED) is 0.867. The average molecular weight is 272 g/mol. The molecule has 7 heteroatoms. The third-order valence-corrected chi connectivity index (χ3v) is 4.87. The van der Waals surface area contributed by atoms with E-state index in [0.717, 1.165) is 12.8 Å². The summed E-state index contributed by atoms with van der Waals surface area (Å²) in [6.07, 6.45) is 3.03. The highest BCUT2D eigenvalue weighted by molar-refractivity contribution is 7.89. The van der Waals surface area contributed by atoms with E-state index in [9.17, 15) is 13.2 Å². The van der Waals surface area contributed by atoms with Gasteiger partial charge < -0.3 is 9.67 Å². The number of aromatic nitrogens is 1. The van der Waals surface area contributed by atoms with Gasteiger partial charge in [-0.3, -0.25) is 0 Å². The van der Waals surface area contributed by atoms with Crippen LogP contribution in [0.5, 0.6) is 0 Å². The Morgan fingerprint density at radius 3 is 2.56 bits per heavy atom. The van der Waals surface area contributed by atoms with Gasteiger partial charge in [0.2, 0.25) is 10.0 Å². The van der Waals surface area contributed by atoms with E-state index in [0.29, 0.717) is 19.6 Å². The molecule has 1 N–H and O–H groups in total. The summed E-state index contributed by atoms with van der Waals surface area (Å²) in [7, 11) is -3.51. The van der Waals surface area contributed by atoms with E-state index in [1.54, 1.807) is 0 Å². The zero-order valence-electron chi connectivity index (χ0n) is 10.2. The molecular formula is C11H16N2O4S. The molecule has 1 fully saturated rings. The van der Waals surface area contributed by atoms with E-state index in [2.05, 4.69) is 0 Å². The van der Waals surface area contributed by atoms with Gasteiger partial charge in [0, 0.05) is 25.8 Å². The Labute approximate surface area is 106 Å². The van der Waals surface area contributed by atoms with E-state index in [-0.39, 0.29) is 10.6 Å². The van der Waals surface area contributed by atoms with Crippen molar-refractivity contribution in [1.29, 1.82) is 0 Å². The molecule has 2 heterocycles. The molecule has 18 heavy (non-hydrogen) atoms. The lowest BCUT2D eigenvalue weighted by molar-refractivity contribution is 0.0685. The fraction of sp³-hybridized carbons (Fsp3) is 0.545. The molecule has 0 aromatic carbocycles. The Kier molecular flexibility index (Phi) is 3.45. The summed E-state index contributed by atoms with van der Waals surface area (Å²) in [5.74, 6) is -1.10. The Morgan fingerprint density at radius 1 is 1.44 bits per heavy atom. The number of sulfonamides is 1. The van der Waals surface area contributed by atoms with Crippen LogP contribution in [-0.4, -0.2) is 41.5 Å². The second-order valence-electron chi connectivity index (χ2n) is 4.32. The molecule has 0 bridgehead atoms. The first-order valence-electron chi connectivity index (χ1n) is 5.90. The number of rotatable bonds is 5. The molecule has 100 valence electrons. The van der Waals surface area contributed by atoms with Gasteiger partial charge in [0.15, 0.2) is 0 Å². The lowest BCUT2D eigenvalue weighted by Gasteiger charge is -2.29. The predicted octanol–water partition coefficient (Wildman–Crippen LogP) is 0.991. The van der Waals surface area contributed by atoms with Crippen molar-refractivity contribution in [3.8, 4) is 0 Å². The number of nitrogens with zero attached hydrogens (tertiary/aromatic N) is 2. The molecule has 0 aliphatic carbocycles. The van der Waals surface area contributed by atoms with E-state index in [4.69, 9.17) is 5.11 Å². The summed E-state index contributed by atoms with van der Waals surface area (Å²) in [4.78, 5) is 11.1. The molecule has 0 amide bonds. The number of carbonyl (C=O) groups is 1. The van der Waals surface area contributed by atoms with Gasteiger partial charge in [-0.15, -0.1) is 0 Å². The van der Waals surface area contributed by atoms with Crippen LogP contribution in [0.3, 0.4) is 0 Å². The van der Waals surface area contributed by atoms with Crippen LogP contribution in [0.1, 0.15) is 30.3 Å². The second kappa shape index (κ2) is 4.74. The van der Waals surface area contributed by atoms with Gasteiger partial charge in [0.05, 0.1) is 0 Å². The van der Waals surface area contributed by atoms with Crippen LogP contribution in [0.2, 0.25) is 0 Å². The van der Waals surface area contributed by atoms with E-state index in [1.807, 2.05) is 6.92 Å². The number of hydrogen-bond donors (Lipinski definition) is 1. The lowest BCUT2D eigenvalue weighted by Crippen LogP contribution is -2.41. The Balaban J connectivity index is 2.40. The molecular weight excluding hydrogens is 256 g/mol. The number of aryl methyl sites for hydroxylation is 1. The molecule has 1 aliphatic rings. The maximum Gasteiger partial charge on any atom is 0.352 e. The third kappa shape index (κ3) is 2.15. The van der Waals surface area contributed by atoms with Gasteiger partial charge >= 0.3 is 5.97 Å². The Hall–Kier alpha value is -1.34. The van der Waals surface area contributed by atoms with Crippen molar-refractivity contribution in [3.63, 3.8) is 0 Å². The molecule has 1 aromatic rings. The standard InChI is InChI=1S/C11H16N2O4S/c1-2-4-12-8-9(7-10(12)11(14)15)18(16,17)13-5-3-6-13/h7-8H,2-6H2,1H3,(H,14,15). The zero-order chi connectivity index (χ0) is 13.3. The molecule has 1 saturated heterocycles. The molecule has 6 nitrogen and oxygen atoms in total. The van der Waals surface area contributed by atoms with Crippen molar-refractivity contribution in [2.45, 2.75) is 31.2 Å². The number of hydrogen-bond acceptors (Lipinski definition) is 3. The van der Waals surface area contributed by atoms with Gasteiger partial charge in [-0.05, 0) is 18.9 Å². The minimum atomic E-state index is -3.51. The van der Waals surface area contributed by atoms with E-state index < -0.39 is 16.0 Å². The normalized spacial score (nSPS) is 16.5. The largest absolute Gasteiger partial charge is 0.477 e. The van der Waals surface area contributed by atoms with Crippen molar-refractivity contribution in [2.24, 2.45) is 0 Å². The van der Waals surface area contributed by atoms with Gasteiger partial charge in [-0.2, -0.15) is 4.31 Å². The maximum atomic E-state index is 12.1. The number of carboxylic acid groups (broad SMARTS) is 1. The predicted molar refractivity (Wildman–Crippen MR) is 65.1 cm³/mol. The monoisotopic (exact) mass is 272 g/mol. The minimum absolute atomic E-state index is 0.0240. The minimum Gasteiger partial charge on any atom is -0.477 e. The first kappa shape index (κ1) is 13.1. The lowest BCUT2D eigenvalue weighted by atomic mass is 10.3. The zero-order valence-corrected chi connectivity index (χ0v) is 11.0. The smallest absolute Gasteiger partial charge is 0.352 e. The SMILES string of the molecule is CCCn1cc(S(=O)(=O)N2CCC2)cc1C(=O)O. The van der Waals surface area contributed by atoms with Gasteiger partial charge in [-0.25, -0.2) is 13.2 Å². The highest BCUT2D eigenvalue weighted by Gasteiger charge is 2.31. The molecule has 0 radical (unpaired) electrons. The summed E-state index contributed by atoms with van der Waals surface area (Å²) < 4.78 is 27.1. The Morgan fingerprint density at radius 2 is 2.11 bits per heavy atom. The topological polar surface area (TPSA) is 79.6 Å². The van der Waals surface area contributed by atoms with Crippen LogP contribution in [-0.2, 0) is 16.6 Å². The van der Waals surface area contributed by atoms with Crippen LogP contribution in [0.15, 0.2) is 17.2 Å². The van der Waals surface area contributed by atoms with Crippen LogP contribution in [0, 0.1) is 0 Å². The van der Waals surface area contributed by atoms with Crippen LogP contribution < -0.4 is 0 Å². The van der Waals surface area contributed by atoms with Crippen molar-refractivity contribution >= 4 is 16.0 Å². The van der Waals surface area contributed by atoms with Crippen LogP contribution >= 0.6 is 0 Å². The maximum absolute atomic E-state index is 12.1. The van der Waals surface area contributed by atoms with Crippen molar-refractivity contribution in [1.82, 2.24) is 8.87 Å². The summed E-state index contributed by atoms with van der Waals surface area (Å²) in [6, 6.07) is 1.24. The number of aromatic carboxylic acids is 1. The third-order valence-electron chi connectivity index (χ3n) is 3.01. The van der Waals surface area contributed by atoms with Crippen LogP contribution in [0.4, 0.5) is 0 Å². The highest BCUT2D eigenvalue weighted by Crippen LogP contribution is 2.23. The molecule has 2 rings (SSSR count). The fourth-order valence-electron chi connectivity index (χ4n) is 1.91. The molecule has 0 spiro atoms. The average Bonchev–Trinajstić information content (AvgIpc) is 2.59. The fourth-order valence-corrected chi connectivity index (χ4v) is 3.46. The molecule has 1 aromatic heterocycles. The Bertz CT molecular complexity index is 558. The highest BCUT2D eigenvalue weighted by atomic mass is 32.2. The van der Waals surface area contributed by atoms with Crippen molar-refractivity contribution in [2.75, 3.05) is 13.1 Å². The van der Waals surface area contributed by atoms with Crippen LogP contribution in [0.25, 0.3) is 0 Å². The van der Waals surface area contributed by atoms with Gasteiger partial charge in [-0.1, -0.05) is 6.92 Å². The summed E-state index contributed by atoms with van der Waals surface area (Å²) in [5.41, 5.74) is 0.0240. The second-order valence-corrected chi connectivity index (χ2v) is 6.26. The molecule has 0 unspecified atom stereocenters. The summed E-state index contributed by atoms with van der Waals surface area (Å²) in [6.45, 7) is 3.44. The summed E-state index contributed by atoms with van der Waals surface area (Å²) in [5, 5.41) is 9.05. The molecule has 0 saturated carbocycles. The molecule has 1 aliphatic heterocycles. The van der Waals surface area contributed by atoms with E-state index >= 15 is 0 Å². The van der Waals surface area contributed by atoms with Gasteiger partial charge in [0.25, 0.3) is 0 Å². The van der Waals surface area contributed by atoms with Gasteiger partial charge in [0.1, 0.15) is 10.6 Å². The van der Waals surface area contributed by atoms with Crippen molar-refractivity contribution in [3.05, 3.63) is 18.0 Å². The number of carboxylic acids is 1. The first-order valence-corrected chi connectivity index (χ1v) is 7.34. The summed E-state index contributed by atoms with van der Waals surface area (Å²) >= 11 is 0. The van der Waals surface area contributed by atoms with Crippen molar-refractivity contribution < 1.29 is 18.3 Å².